The largest absolute Gasteiger partial charge is 0.359 e. The van der Waals surface area contributed by atoms with E-state index in [9.17, 15) is 18.0 Å². The zero-order valence-electron chi connectivity index (χ0n) is 27.4. The van der Waals surface area contributed by atoms with Crippen LogP contribution in [0.4, 0.5) is 22.7 Å². The highest BCUT2D eigenvalue weighted by Crippen LogP contribution is 2.36. The third-order valence-electron chi connectivity index (χ3n) is 10.00. The molecule has 4 aromatic rings. The monoisotopic (exact) mass is 750 g/mol. The minimum atomic E-state index is -3.77. The van der Waals surface area contributed by atoms with E-state index in [1.807, 2.05) is 65.6 Å². The second kappa shape index (κ2) is 14.5. The van der Waals surface area contributed by atoms with Crippen molar-refractivity contribution in [1.82, 2.24) is 0 Å². The summed E-state index contributed by atoms with van der Waals surface area (Å²) in [6.07, 6.45) is 5.65. The van der Waals surface area contributed by atoms with Gasteiger partial charge in [0.25, 0.3) is 9.05 Å². The van der Waals surface area contributed by atoms with Crippen LogP contribution in [0.25, 0.3) is 0 Å². The van der Waals surface area contributed by atoms with Crippen LogP contribution in [0.3, 0.4) is 0 Å². The van der Waals surface area contributed by atoms with Crippen molar-refractivity contribution in [2.24, 2.45) is 0 Å². The number of benzene rings is 4. The fraction of sp³-hybridized carbons (Fsp3) is 0.316. The third kappa shape index (κ3) is 7.06. The van der Waals surface area contributed by atoms with Gasteiger partial charge in [-0.3, -0.25) is 9.59 Å². The van der Waals surface area contributed by atoms with E-state index in [0.29, 0.717) is 17.3 Å². The minimum Gasteiger partial charge on any atom is -0.359 e. The molecule has 12 heteroatoms. The summed E-state index contributed by atoms with van der Waals surface area (Å²) in [6, 6.07) is 27.6. The molecule has 8 nitrogen and oxygen atoms in total. The van der Waals surface area contributed by atoms with E-state index in [4.69, 9.17) is 33.9 Å². The number of carbonyl (C=O) groups is 2. The van der Waals surface area contributed by atoms with Crippen LogP contribution in [0.15, 0.2) is 95.9 Å². The SMILES string of the molecule is O=C1C(N2CCCc3cc(Cl)ccc32)CCN1c1ccc(S(=O)(=O)Cl)cc1.O=C1C(N2CCCc3cc(Cl)ccc32)CCN1c1ccccc1. The lowest BCUT2D eigenvalue weighted by Crippen LogP contribution is -2.44. The predicted molar refractivity (Wildman–Crippen MR) is 202 cm³/mol. The number of aryl methyl sites for hydroxylation is 2. The van der Waals surface area contributed by atoms with Crippen LogP contribution >= 0.6 is 33.9 Å². The highest BCUT2D eigenvalue weighted by Gasteiger charge is 2.39. The van der Waals surface area contributed by atoms with E-state index in [1.165, 1.54) is 28.9 Å². The van der Waals surface area contributed by atoms with Crippen LogP contribution in [0.2, 0.25) is 10.0 Å². The van der Waals surface area contributed by atoms with Crippen molar-refractivity contribution in [2.75, 3.05) is 45.8 Å². The van der Waals surface area contributed by atoms with E-state index in [2.05, 4.69) is 15.9 Å². The van der Waals surface area contributed by atoms with Crippen molar-refractivity contribution in [3.8, 4) is 0 Å². The molecule has 260 valence electrons. The maximum Gasteiger partial charge on any atom is 0.261 e. The van der Waals surface area contributed by atoms with E-state index in [-0.39, 0.29) is 28.8 Å². The molecule has 50 heavy (non-hydrogen) atoms. The molecule has 0 bridgehead atoms. The van der Waals surface area contributed by atoms with E-state index in [0.717, 1.165) is 74.6 Å². The maximum absolute atomic E-state index is 13.1. The molecule has 2 fully saturated rings. The molecule has 0 aromatic heterocycles. The molecule has 2 atom stereocenters. The van der Waals surface area contributed by atoms with Gasteiger partial charge in [-0.1, -0.05) is 41.4 Å². The van der Waals surface area contributed by atoms with Crippen molar-refractivity contribution in [3.63, 3.8) is 0 Å². The molecule has 0 N–H and O–H groups in total. The van der Waals surface area contributed by atoms with Gasteiger partial charge in [-0.05, 0) is 122 Å². The maximum atomic E-state index is 13.1. The Morgan fingerprint density at radius 1 is 0.580 bits per heavy atom. The van der Waals surface area contributed by atoms with Gasteiger partial charge >= 0.3 is 0 Å². The number of hydrogen-bond acceptors (Lipinski definition) is 6. The first kappa shape index (κ1) is 34.7. The van der Waals surface area contributed by atoms with Gasteiger partial charge in [-0.25, -0.2) is 8.42 Å². The normalized spacial score (nSPS) is 20.4. The summed E-state index contributed by atoms with van der Waals surface area (Å²) >= 11 is 12.2. The van der Waals surface area contributed by atoms with Crippen LogP contribution in [0.5, 0.6) is 0 Å². The number of fused-ring (bicyclic) bond motifs is 2. The van der Waals surface area contributed by atoms with Gasteiger partial charge in [-0.15, -0.1) is 0 Å². The van der Waals surface area contributed by atoms with Gasteiger partial charge in [0.2, 0.25) is 11.8 Å². The van der Waals surface area contributed by atoms with Crippen LogP contribution in [-0.4, -0.2) is 58.5 Å². The third-order valence-corrected chi connectivity index (χ3v) is 11.8. The summed E-state index contributed by atoms with van der Waals surface area (Å²) in [5.74, 6) is 0.235. The highest BCUT2D eigenvalue weighted by atomic mass is 35.7. The smallest absolute Gasteiger partial charge is 0.261 e. The molecule has 2 amide bonds. The van der Waals surface area contributed by atoms with E-state index >= 15 is 0 Å². The minimum absolute atomic E-state index is 0.0259. The zero-order valence-corrected chi connectivity index (χ0v) is 30.4. The molecule has 4 aromatic carbocycles. The molecule has 0 saturated carbocycles. The van der Waals surface area contributed by atoms with Crippen LogP contribution in [-0.2, 0) is 31.5 Å². The Kier molecular flexibility index (Phi) is 10.0. The van der Waals surface area contributed by atoms with Gasteiger partial charge in [0.1, 0.15) is 12.1 Å². The molecule has 4 aliphatic heterocycles. The molecular formula is C38H37Cl3N4O4S. The summed E-state index contributed by atoms with van der Waals surface area (Å²) in [5.41, 5.74) is 6.36. The lowest BCUT2D eigenvalue weighted by molar-refractivity contribution is -0.119. The summed E-state index contributed by atoms with van der Waals surface area (Å²) in [4.78, 5) is 34.1. The Morgan fingerprint density at radius 3 is 1.50 bits per heavy atom. The van der Waals surface area contributed by atoms with Gasteiger partial charge in [0, 0.05) is 69.7 Å². The number of hydrogen-bond donors (Lipinski definition) is 0. The Balaban J connectivity index is 0.000000159. The van der Waals surface area contributed by atoms with Crippen molar-refractivity contribution in [2.45, 2.75) is 55.5 Å². The zero-order chi connectivity index (χ0) is 35.0. The average molecular weight is 752 g/mol. The number of carbonyl (C=O) groups excluding carboxylic acids is 2. The lowest BCUT2D eigenvalue weighted by Gasteiger charge is -2.35. The van der Waals surface area contributed by atoms with Gasteiger partial charge < -0.3 is 19.6 Å². The first-order valence-electron chi connectivity index (χ1n) is 16.9. The predicted octanol–water partition coefficient (Wildman–Crippen LogP) is 7.72. The highest BCUT2D eigenvalue weighted by molar-refractivity contribution is 8.13. The number of halogens is 3. The van der Waals surface area contributed by atoms with Gasteiger partial charge in [0.05, 0.1) is 4.90 Å². The fourth-order valence-electron chi connectivity index (χ4n) is 7.65. The Labute approximate surface area is 307 Å². The molecule has 2 unspecified atom stereocenters. The summed E-state index contributed by atoms with van der Waals surface area (Å²) in [5, 5.41) is 1.48. The summed E-state index contributed by atoms with van der Waals surface area (Å²) in [7, 11) is 1.59. The second-order valence-electron chi connectivity index (χ2n) is 13.0. The Morgan fingerprint density at radius 2 is 1.04 bits per heavy atom. The van der Waals surface area contributed by atoms with Gasteiger partial charge in [-0.2, -0.15) is 0 Å². The summed E-state index contributed by atoms with van der Waals surface area (Å²) < 4.78 is 22.8. The second-order valence-corrected chi connectivity index (χ2v) is 16.4. The molecule has 2 saturated heterocycles. The Hall–Kier alpha value is -3.76. The first-order valence-corrected chi connectivity index (χ1v) is 20.0. The van der Waals surface area contributed by atoms with Crippen molar-refractivity contribution in [1.29, 1.82) is 0 Å². The molecule has 4 heterocycles. The van der Waals surface area contributed by atoms with Crippen molar-refractivity contribution >= 4 is 77.5 Å². The standard InChI is InChI=1S/C19H18Cl2N2O3S.C19H19ClN2O/c20-14-3-8-17-13(12-14)2-1-10-23(17)18-9-11-22(19(18)24)15-4-6-16(7-5-15)27(21,25)26;20-15-8-9-17-14(13-15)5-4-11-22(17)18-10-12-21(19(18)23)16-6-2-1-3-7-16/h3-8,12,18H,1-2,9-11H2;1-3,6-9,13,18H,4-5,10-12H2. The number of para-hydroxylation sites is 1. The number of anilines is 4. The van der Waals surface area contributed by atoms with Crippen molar-refractivity contribution in [3.05, 3.63) is 112 Å². The van der Waals surface area contributed by atoms with Crippen LogP contribution in [0, 0.1) is 0 Å². The molecule has 0 aliphatic carbocycles. The van der Waals surface area contributed by atoms with Crippen LogP contribution < -0.4 is 19.6 Å². The molecule has 8 rings (SSSR count). The number of amides is 2. The Bertz CT molecular complexity index is 2010. The first-order chi connectivity index (χ1) is 24.1. The molecule has 4 aliphatic rings. The van der Waals surface area contributed by atoms with E-state index in [1.54, 1.807) is 17.0 Å². The lowest BCUT2D eigenvalue weighted by atomic mass is 9.99. The quantitative estimate of drug-likeness (QED) is 0.194. The topological polar surface area (TPSA) is 81.2 Å². The molecular weight excluding hydrogens is 715 g/mol. The van der Waals surface area contributed by atoms with Gasteiger partial charge in [0.15, 0.2) is 0 Å². The summed E-state index contributed by atoms with van der Waals surface area (Å²) in [6.45, 7) is 3.15. The molecule has 0 spiro atoms. The van der Waals surface area contributed by atoms with Crippen LogP contribution in [0.1, 0.15) is 36.8 Å². The van der Waals surface area contributed by atoms with Crippen molar-refractivity contribution < 1.29 is 18.0 Å². The number of rotatable bonds is 5. The number of nitrogens with zero attached hydrogens (tertiary/aromatic N) is 4. The molecule has 0 radical (unpaired) electrons. The fourth-order valence-corrected chi connectivity index (χ4v) is 8.81. The average Bonchev–Trinajstić information content (AvgIpc) is 3.69. The van der Waals surface area contributed by atoms with E-state index < -0.39 is 9.05 Å².